The van der Waals surface area contributed by atoms with Crippen molar-refractivity contribution in [1.82, 2.24) is 4.31 Å². The summed E-state index contributed by atoms with van der Waals surface area (Å²) in [4.78, 5) is 0.406. The molecule has 0 bridgehead atoms. The minimum atomic E-state index is -3.44. The van der Waals surface area contributed by atoms with E-state index in [1.165, 1.54) is 12.0 Å². The predicted octanol–water partition coefficient (Wildman–Crippen LogP) is 3.92. The van der Waals surface area contributed by atoms with Crippen molar-refractivity contribution in [3.05, 3.63) is 65.7 Å². The average Bonchev–Trinajstić information content (AvgIpc) is 2.62. The Hall–Kier alpha value is -1.65. The number of benzene rings is 2. The molecule has 0 spiro atoms. The molecule has 2 atom stereocenters. The number of fused-ring (bicyclic) bond motifs is 3. The van der Waals surface area contributed by atoms with Gasteiger partial charge in [-0.2, -0.15) is 4.31 Å². The maximum atomic E-state index is 13.2. The molecule has 1 heterocycles. The molecule has 2 aliphatic rings. The summed E-state index contributed by atoms with van der Waals surface area (Å²) < 4.78 is 28.1. The lowest BCUT2D eigenvalue weighted by atomic mass is 9.76. The second-order valence-electron chi connectivity index (χ2n) is 6.52. The Balaban J connectivity index is 1.80. The SMILES string of the molecule is O=S(=O)(c1ccccc1)N1Cc2ccccc2[C@H]2CCCC[C@H]21. The molecule has 4 rings (SSSR count). The fraction of sp³-hybridized carbons (Fsp3) is 0.368. The molecule has 1 aliphatic carbocycles. The Morgan fingerprint density at radius 3 is 2.39 bits per heavy atom. The molecule has 1 aliphatic heterocycles. The van der Waals surface area contributed by atoms with E-state index in [1.807, 2.05) is 12.1 Å². The van der Waals surface area contributed by atoms with E-state index in [1.54, 1.807) is 28.6 Å². The van der Waals surface area contributed by atoms with Gasteiger partial charge in [0, 0.05) is 18.5 Å². The highest BCUT2D eigenvalue weighted by Crippen LogP contribution is 2.43. The second-order valence-corrected chi connectivity index (χ2v) is 8.41. The zero-order chi connectivity index (χ0) is 15.9. The fourth-order valence-corrected chi connectivity index (χ4v) is 5.82. The lowest BCUT2D eigenvalue weighted by Crippen LogP contribution is -2.47. The molecule has 0 aromatic heterocycles. The summed E-state index contributed by atoms with van der Waals surface area (Å²) in [6, 6.07) is 17.3. The van der Waals surface area contributed by atoms with Gasteiger partial charge in [0.05, 0.1) is 4.90 Å². The number of hydrogen-bond donors (Lipinski definition) is 0. The number of rotatable bonds is 2. The molecular formula is C19H21NO2S. The first kappa shape index (κ1) is 14.9. The van der Waals surface area contributed by atoms with Gasteiger partial charge in [-0.3, -0.25) is 0 Å². The Morgan fingerprint density at radius 1 is 0.870 bits per heavy atom. The van der Waals surface area contributed by atoms with E-state index in [0.717, 1.165) is 24.8 Å². The van der Waals surface area contributed by atoms with Crippen LogP contribution in [0.1, 0.15) is 42.7 Å². The molecule has 3 nitrogen and oxygen atoms in total. The number of sulfonamides is 1. The molecule has 120 valence electrons. The summed E-state index contributed by atoms with van der Waals surface area (Å²) in [7, 11) is -3.44. The van der Waals surface area contributed by atoms with Crippen LogP contribution in [-0.4, -0.2) is 18.8 Å². The maximum absolute atomic E-state index is 13.2. The largest absolute Gasteiger partial charge is 0.243 e. The van der Waals surface area contributed by atoms with E-state index >= 15 is 0 Å². The minimum Gasteiger partial charge on any atom is -0.207 e. The topological polar surface area (TPSA) is 37.4 Å². The van der Waals surface area contributed by atoms with E-state index in [-0.39, 0.29) is 6.04 Å². The lowest BCUT2D eigenvalue weighted by molar-refractivity contribution is 0.200. The van der Waals surface area contributed by atoms with E-state index in [4.69, 9.17) is 0 Å². The summed E-state index contributed by atoms with van der Waals surface area (Å²) in [5.41, 5.74) is 2.52. The summed E-state index contributed by atoms with van der Waals surface area (Å²) in [6.45, 7) is 0.495. The van der Waals surface area contributed by atoms with Crippen LogP contribution in [0.15, 0.2) is 59.5 Å². The van der Waals surface area contributed by atoms with Gasteiger partial charge in [-0.25, -0.2) is 8.42 Å². The van der Waals surface area contributed by atoms with E-state index in [0.29, 0.717) is 17.4 Å². The molecule has 2 aromatic rings. The Labute approximate surface area is 138 Å². The van der Waals surface area contributed by atoms with Crippen LogP contribution >= 0.6 is 0 Å². The lowest BCUT2D eigenvalue weighted by Gasteiger charge is -2.44. The highest BCUT2D eigenvalue weighted by molar-refractivity contribution is 7.89. The highest BCUT2D eigenvalue weighted by Gasteiger charge is 2.42. The summed E-state index contributed by atoms with van der Waals surface area (Å²) in [5, 5.41) is 0. The molecule has 23 heavy (non-hydrogen) atoms. The zero-order valence-corrected chi connectivity index (χ0v) is 13.9. The predicted molar refractivity (Wildman–Crippen MR) is 90.6 cm³/mol. The van der Waals surface area contributed by atoms with Crippen molar-refractivity contribution in [2.45, 2.75) is 49.1 Å². The monoisotopic (exact) mass is 327 g/mol. The van der Waals surface area contributed by atoms with E-state index in [2.05, 4.69) is 18.2 Å². The van der Waals surface area contributed by atoms with Crippen LogP contribution in [0.25, 0.3) is 0 Å². The van der Waals surface area contributed by atoms with Gasteiger partial charge in [-0.15, -0.1) is 0 Å². The van der Waals surface area contributed by atoms with Crippen LogP contribution in [0.5, 0.6) is 0 Å². The van der Waals surface area contributed by atoms with E-state index < -0.39 is 10.0 Å². The number of hydrogen-bond acceptors (Lipinski definition) is 2. The minimum absolute atomic E-state index is 0.101. The van der Waals surface area contributed by atoms with Crippen molar-refractivity contribution in [3.63, 3.8) is 0 Å². The third-order valence-electron chi connectivity index (χ3n) is 5.23. The molecular weight excluding hydrogens is 306 g/mol. The van der Waals surface area contributed by atoms with Gasteiger partial charge in [0.1, 0.15) is 0 Å². The molecule has 0 N–H and O–H groups in total. The molecule has 0 unspecified atom stereocenters. The summed E-state index contributed by atoms with van der Waals surface area (Å²) >= 11 is 0. The average molecular weight is 327 g/mol. The smallest absolute Gasteiger partial charge is 0.207 e. The van der Waals surface area contributed by atoms with Crippen molar-refractivity contribution >= 4 is 10.0 Å². The van der Waals surface area contributed by atoms with Crippen LogP contribution in [0, 0.1) is 0 Å². The summed E-state index contributed by atoms with van der Waals surface area (Å²) in [6.07, 6.45) is 4.35. The third kappa shape index (κ3) is 2.50. The molecule has 1 fully saturated rings. The highest BCUT2D eigenvalue weighted by atomic mass is 32.2. The molecule has 2 aromatic carbocycles. The van der Waals surface area contributed by atoms with Crippen LogP contribution in [0.4, 0.5) is 0 Å². The molecule has 0 amide bonds. The second kappa shape index (κ2) is 5.77. The normalized spacial score (nSPS) is 24.7. The Morgan fingerprint density at radius 2 is 1.57 bits per heavy atom. The third-order valence-corrected chi connectivity index (χ3v) is 7.12. The van der Waals surface area contributed by atoms with Crippen molar-refractivity contribution < 1.29 is 8.42 Å². The molecule has 4 heteroatoms. The maximum Gasteiger partial charge on any atom is 0.243 e. The van der Waals surface area contributed by atoms with Crippen molar-refractivity contribution in [3.8, 4) is 0 Å². The van der Waals surface area contributed by atoms with Gasteiger partial charge in [-0.05, 0) is 36.1 Å². The number of nitrogens with zero attached hydrogens (tertiary/aromatic N) is 1. The van der Waals surface area contributed by atoms with Crippen molar-refractivity contribution in [2.24, 2.45) is 0 Å². The van der Waals surface area contributed by atoms with Crippen LogP contribution in [-0.2, 0) is 16.6 Å². The van der Waals surface area contributed by atoms with Crippen molar-refractivity contribution in [2.75, 3.05) is 0 Å². The first-order valence-corrected chi connectivity index (χ1v) is 9.76. The standard InChI is InChI=1S/C19H21NO2S/c21-23(22,16-9-2-1-3-10-16)20-14-15-8-4-5-11-17(15)18-12-6-7-13-19(18)20/h1-5,8-11,18-19H,6-7,12-14H2/t18-,19-/m1/s1. The van der Waals surface area contributed by atoms with Gasteiger partial charge in [-0.1, -0.05) is 55.3 Å². The quantitative estimate of drug-likeness (QED) is 0.838. The Bertz CT molecular complexity index is 801. The van der Waals surface area contributed by atoms with Gasteiger partial charge in [0.15, 0.2) is 0 Å². The van der Waals surface area contributed by atoms with Gasteiger partial charge in [0.25, 0.3) is 0 Å². The first-order chi connectivity index (χ1) is 11.2. The Kier molecular flexibility index (Phi) is 3.74. The fourth-order valence-electron chi connectivity index (χ4n) is 4.13. The van der Waals surface area contributed by atoms with Crippen LogP contribution in [0.2, 0.25) is 0 Å². The van der Waals surface area contributed by atoms with Crippen LogP contribution in [0.3, 0.4) is 0 Å². The van der Waals surface area contributed by atoms with Gasteiger partial charge in [0.2, 0.25) is 10.0 Å². The molecule has 0 saturated heterocycles. The molecule has 1 saturated carbocycles. The van der Waals surface area contributed by atoms with E-state index in [9.17, 15) is 8.42 Å². The first-order valence-electron chi connectivity index (χ1n) is 8.32. The van der Waals surface area contributed by atoms with Crippen molar-refractivity contribution in [1.29, 1.82) is 0 Å². The van der Waals surface area contributed by atoms with Gasteiger partial charge < -0.3 is 0 Å². The van der Waals surface area contributed by atoms with Gasteiger partial charge >= 0.3 is 0 Å². The summed E-state index contributed by atoms with van der Waals surface area (Å²) in [5.74, 6) is 0.340. The zero-order valence-electron chi connectivity index (χ0n) is 13.1. The molecule has 0 radical (unpaired) electrons. The van der Waals surface area contributed by atoms with Crippen LogP contribution < -0.4 is 0 Å².